The molecule has 2 N–H and O–H groups in total. The number of nitrogens with one attached hydrogen (secondary N) is 2. The minimum absolute atomic E-state index is 0.138. The van der Waals surface area contributed by atoms with Crippen molar-refractivity contribution in [1.82, 2.24) is 10.2 Å². The largest absolute Gasteiger partial charge is 0.454 e. The van der Waals surface area contributed by atoms with Crippen LogP contribution in [0, 0.1) is 0 Å². The Kier molecular flexibility index (Phi) is 5.78. The van der Waals surface area contributed by atoms with Crippen LogP contribution in [0.4, 0.5) is 17.1 Å². The SMILES string of the molecule is CN(c1cccc(NC(=O)c2ccccc2)c1)c1ccc2c(C=Cc3ccc4c(c3)OCO4)n[nH]c2c1. The first-order valence-electron chi connectivity index (χ1n) is 11.9. The molecule has 1 amide bonds. The van der Waals surface area contributed by atoms with E-state index in [0.29, 0.717) is 5.56 Å². The van der Waals surface area contributed by atoms with E-state index in [0.717, 1.165) is 50.7 Å². The predicted octanol–water partition coefficient (Wildman–Crippen LogP) is 6.48. The lowest BCUT2D eigenvalue weighted by Gasteiger charge is -2.20. The smallest absolute Gasteiger partial charge is 0.255 e. The highest BCUT2D eigenvalue weighted by Crippen LogP contribution is 2.33. The molecule has 0 spiro atoms. The second-order valence-corrected chi connectivity index (χ2v) is 8.71. The van der Waals surface area contributed by atoms with E-state index >= 15 is 0 Å². The summed E-state index contributed by atoms with van der Waals surface area (Å²) in [6.07, 6.45) is 3.99. The van der Waals surface area contributed by atoms with Crippen LogP contribution in [-0.4, -0.2) is 29.9 Å². The van der Waals surface area contributed by atoms with E-state index in [2.05, 4.69) is 38.6 Å². The zero-order valence-corrected chi connectivity index (χ0v) is 20.1. The maximum Gasteiger partial charge on any atom is 0.255 e. The number of aromatic nitrogens is 2. The fourth-order valence-electron chi connectivity index (χ4n) is 4.29. The number of aromatic amines is 1. The van der Waals surface area contributed by atoms with Gasteiger partial charge in [-0.15, -0.1) is 0 Å². The molecule has 0 bridgehead atoms. The van der Waals surface area contributed by atoms with Crippen LogP contribution in [0.1, 0.15) is 21.6 Å². The number of rotatable bonds is 6. The monoisotopic (exact) mass is 488 g/mol. The minimum atomic E-state index is -0.138. The molecule has 1 aliphatic rings. The number of carbonyl (C=O) groups excluding carboxylic acids is 1. The third kappa shape index (κ3) is 4.62. The van der Waals surface area contributed by atoms with Crippen molar-refractivity contribution >= 4 is 46.0 Å². The molecule has 6 rings (SSSR count). The molecule has 37 heavy (non-hydrogen) atoms. The number of benzene rings is 4. The van der Waals surface area contributed by atoms with Crippen molar-refractivity contribution in [3.05, 3.63) is 108 Å². The number of hydrogen-bond acceptors (Lipinski definition) is 5. The summed E-state index contributed by atoms with van der Waals surface area (Å²) in [5, 5.41) is 11.6. The Morgan fingerprint density at radius 1 is 0.892 bits per heavy atom. The van der Waals surface area contributed by atoms with Crippen LogP contribution in [0.25, 0.3) is 23.1 Å². The van der Waals surface area contributed by atoms with Gasteiger partial charge < -0.3 is 19.7 Å². The van der Waals surface area contributed by atoms with Crippen LogP contribution < -0.4 is 19.7 Å². The molecule has 7 nitrogen and oxygen atoms in total. The molecule has 0 radical (unpaired) electrons. The molecular weight excluding hydrogens is 464 g/mol. The van der Waals surface area contributed by atoms with Gasteiger partial charge in [0, 0.05) is 35.1 Å². The van der Waals surface area contributed by atoms with Crippen molar-refractivity contribution < 1.29 is 14.3 Å². The fourth-order valence-corrected chi connectivity index (χ4v) is 4.29. The van der Waals surface area contributed by atoms with E-state index in [-0.39, 0.29) is 12.7 Å². The molecule has 182 valence electrons. The normalized spacial score (nSPS) is 12.2. The highest BCUT2D eigenvalue weighted by molar-refractivity contribution is 6.04. The first-order chi connectivity index (χ1) is 18.1. The molecular formula is C30H24N4O3. The average molecular weight is 489 g/mol. The molecule has 2 heterocycles. The van der Waals surface area contributed by atoms with E-state index in [1.165, 1.54) is 0 Å². The van der Waals surface area contributed by atoms with Crippen molar-refractivity contribution in [2.45, 2.75) is 0 Å². The maximum absolute atomic E-state index is 12.6. The molecule has 1 aliphatic heterocycles. The van der Waals surface area contributed by atoms with Gasteiger partial charge in [-0.25, -0.2) is 0 Å². The van der Waals surface area contributed by atoms with Gasteiger partial charge in [-0.1, -0.05) is 36.4 Å². The number of hydrogen-bond donors (Lipinski definition) is 2. The summed E-state index contributed by atoms with van der Waals surface area (Å²) in [7, 11) is 2.00. The van der Waals surface area contributed by atoms with E-state index in [1.54, 1.807) is 12.1 Å². The number of H-pyrrole nitrogens is 1. The third-order valence-corrected chi connectivity index (χ3v) is 6.32. The Morgan fingerprint density at radius 2 is 1.73 bits per heavy atom. The molecule has 7 heteroatoms. The third-order valence-electron chi connectivity index (χ3n) is 6.32. The number of carbonyl (C=O) groups is 1. The predicted molar refractivity (Wildman–Crippen MR) is 146 cm³/mol. The Morgan fingerprint density at radius 3 is 2.62 bits per heavy atom. The lowest BCUT2D eigenvalue weighted by Crippen LogP contribution is -2.13. The maximum atomic E-state index is 12.6. The van der Waals surface area contributed by atoms with Gasteiger partial charge >= 0.3 is 0 Å². The second kappa shape index (κ2) is 9.54. The fraction of sp³-hybridized carbons (Fsp3) is 0.0667. The van der Waals surface area contributed by atoms with Crippen LogP contribution >= 0.6 is 0 Å². The number of fused-ring (bicyclic) bond motifs is 2. The molecule has 0 saturated carbocycles. The Labute approximate surface area is 214 Å². The lowest BCUT2D eigenvalue weighted by atomic mass is 10.1. The van der Waals surface area contributed by atoms with Crippen LogP contribution in [0.5, 0.6) is 11.5 Å². The van der Waals surface area contributed by atoms with E-state index in [9.17, 15) is 4.79 Å². The van der Waals surface area contributed by atoms with Gasteiger partial charge in [0.25, 0.3) is 5.91 Å². The van der Waals surface area contributed by atoms with Gasteiger partial charge in [-0.3, -0.25) is 9.89 Å². The molecule has 1 aromatic heterocycles. The molecule has 0 atom stereocenters. The zero-order chi connectivity index (χ0) is 25.2. The van der Waals surface area contributed by atoms with E-state index in [1.807, 2.05) is 79.9 Å². The van der Waals surface area contributed by atoms with Crippen molar-refractivity contribution in [2.24, 2.45) is 0 Å². The minimum Gasteiger partial charge on any atom is -0.454 e. The first kappa shape index (κ1) is 22.4. The summed E-state index contributed by atoms with van der Waals surface area (Å²) < 4.78 is 10.8. The molecule has 5 aromatic rings. The summed E-state index contributed by atoms with van der Waals surface area (Å²) in [6, 6.07) is 29.0. The Hall–Kier alpha value is -5.04. The molecule has 4 aromatic carbocycles. The van der Waals surface area contributed by atoms with Crippen molar-refractivity contribution in [1.29, 1.82) is 0 Å². The summed E-state index contributed by atoms with van der Waals surface area (Å²) in [4.78, 5) is 14.6. The number of anilines is 3. The standard InChI is InChI=1S/C30H24N4O3/c1-34(23-9-5-8-22(17-23)31-30(35)21-6-3-2-4-7-21)24-12-13-25-26(32-33-27(25)18-24)14-10-20-11-15-28-29(16-20)37-19-36-28/h2-18H,19H2,1H3,(H,31,35)(H,32,33). The second-order valence-electron chi connectivity index (χ2n) is 8.71. The molecule has 0 fully saturated rings. The topological polar surface area (TPSA) is 79.5 Å². The summed E-state index contributed by atoms with van der Waals surface area (Å²) in [6.45, 7) is 0.260. The summed E-state index contributed by atoms with van der Waals surface area (Å²) >= 11 is 0. The Bertz CT molecular complexity index is 1630. The molecule has 0 aliphatic carbocycles. The molecule has 0 unspecified atom stereocenters. The van der Waals surface area contributed by atoms with Crippen molar-refractivity contribution in [3.63, 3.8) is 0 Å². The van der Waals surface area contributed by atoms with Gasteiger partial charge in [0.05, 0.1) is 11.2 Å². The van der Waals surface area contributed by atoms with Crippen molar-refractivity contribution in [3.8, 4) is 11.5 Å². The highest BCUT2D eigenvalue weighted by atomic mass is 16.7. The Balaban J connectivity index is 1.20. The van der Waals surface area contributed by atoms with Crippen LogP contribution in [-0.2, 0) is 0 Å². The van der Waals surface area contributed by atoms with Gasteiger partial charge in [0.2, 0.25) is 6.79 Å². The number of nitrogens with zero attached hydrogens (tertiary/aromatic N) is 2. The zero-order valence-electron chi connectivity index (χ0n) is 20.1. The lowest BCUT2D eigenvalue weighted by molar-refractivity contribution is 0.102. The van der Waals surface area contributed by atoms with Crippen molar-refractivity contribution in [2.75, 3.05) is 24.1 Å². The van der Waals surface area contributed by atoms with Crippen LogP contribution in [0.3, 0.4) is 0 Å². The van der Waals surface area contributed by atoms with Gasteiger partial charge in [-0.2, -0.15) is 5.10 Å². The summed E-state index contributed by atoms with van der Waals surface area (Å²) in [5.41, 5.74) is 6.10. The molecule has 0 saturated heterocycles. The average Bonchev–Trinajstić information content (AvgIpc) is 3.58. The summed E-state index contributed by atoms with van der Waals surface area (Å²) in [5.74, 6) is 1.38. The van der Waals surface area contributed by atoms with E-state index < -0.39 is 0 Å². The first-order valence-corrected chi connectivity index (χ1v) is 11.9. The quantitative estimate of drug-likeness (QED) is 0.286. The van der Waals surface area contributed by atoms with Crippen LogP contribution in [0.2, 0.25) is 0 Å². The number of amides is 1. The van der Waals surface area contributed by atoms with E-state index in [4.69, 9.17) is 9.47 Å². The highest BCUT2D eigenvalue weighted by Gasteiger charge is 2.13. The number of ether oxygens (including phenoxy) is 2. The van der Waals surface area contributed by atoms with Crippen LogP contribution in [0.15, 0.2) is 91.0 Å². The van der Waals surface area contributed by atoms with Gasteiger partial charge in [0.1, 0.15) is 0 Å². The van der Waals surface area contributed by atoms with Gasteiger partial charge in [-0.05, 0) is 72.3 Å². The van der Waals surface area contributed by atoms with Gasteiger partial charge in [0.15, 0.2) is 11.5 Å².